The second kappa shape index (κ2) is 6.61. The van der Waals surface area contributed by atoms with Crippen molar-refractivity contribution in [2.75, 3.05) is 11.3 Å². The maximum Gasteiger partial charge on any atom is 0.263 e. The minimum absolute atomic E-state index is 0.0653. The molecule has 0 atom stereocenters. The van der Waals surface area contributed by atoms with Crippen LogP contribution in [0.15, 0.2) is 51.8 Å². The maximum absolute atomic E-state index is 12.6. The summed E-state index contributed by atoms with van der Waals surface area (Å²) in [6.07, 6.45) is 0.630. The van der Waals surface area contributed by atoms with Gasteiger partial charge < -0.3 is 0 Å². The fourth-order valence-corrected chi connectivity index (χ4v) is 4.00. The van der Waals surface area contributed by atoms with Gasteiger partial charge in [-0.2, -0.15) is 0 Å². The number of rotatable bonds is 5. The molecule has 130 valence electrons. The van der Waals surface area contributed by atoms with Gasteiger partial charge in [0.1, 0.15) is 0 Å². The summed E-state index contributed by atoms with van der Waals surface area (Å²) >= 11 is 3.25. The van der Waals surface area contributed by atoms with Crippen LogP contribution < -0.4 is 4.72 Å². The summed E-state index contributed by atoms with van der Waals surface area (Å²) in [6.45, 7) is 2.16. The zero-order chi connectivity index (χ0) is 18.2. The number of amides is 2. The molecule has 2 aromatic carbocycles. The minimum Gasteiger partial charge on any atom is -0.279 e. The van der Waals surface area contributed by atoms with Crippen molar-refractivity contribution in [1.82, 2.24) is 4.90 Å². The molecule has 6 nitrogen and oxygen atoms in total. The van der Waals surface area contributed by atoms with Crippen molar-refractivity contribution in [2.45, 2.75) is 18.2 Å². The molecule has 1 heterocycles. The Morgan fingerprint density at radius 2 is 1.72 bits per heavy atom. The summed E-state index contributed by atoms with van der Waals surface area (Å²) in [7, 11) is -3.88. The van der Waals surface area contributed by atoms with Gasteiger partial charge >= 0.3 is 0 Å². The molecule has 25 heavy (non-hydrogen) atoms. The number of sulfonamides is 1. The Balaban J connectivity index is 2.00. The number of hydrogen-bond acceptors (Lipinski definition) is 4. The zero-order valence-corrected chi connectivity index (χ0v) is 15.7. The van der Waals surface area contributed by atoms with Crippen LogP contribution in [0, 0.1) is 0 Å². The molecule has 0 saturated heterocycles. The van der Waals surface area contributed by atoms with E-state index in [-0.39, 0.29) is 21.7 Å². The van der Waals surface area contributed by atoms with E-state index in [9.17, 15) is 18.0 Å². The second-order valence-electron chi connectivity index (χ2n) is 5.55. The molecule has 0 saturated carbocycles. The molecule has 1 aliphatic heterocycles. The molecule has 3 rings (SSSR count). The van der Waals surface area contributed by atoms with Gasteiger partial charge in [0, 0.05) is 11.0 Å². The molecule has 0 fully saturated rings. The number of carbonyl (C=O) groups is 2. The fraction of sp³-hybridized carbons (Fsp3) is 0.176. The molecule has 1 aliphatic rings. The summed E-state index contributed by atoms with van der Waals surface area (Å²) in [5.41, 5.74) is 0.425. The molecule has 0 unspecified atom stereocenters. The molecule has 8 heteroatoms. The highest BCUT2D eigenvalue weighted by Gasteiger charge is 2.37. The smallest absolute Gasteiger partial charge is 0.263 e. The zero-order valence-electron chi connectivity index (χ0n) is 13.3. The third-order valence-corrected chi connectivity index (χ3v) is 5.72. The van der Waals surface area contributed by atoms with Crippen LogP contribution in [0.4, 0.5) is 5.69 Å². The predicted molar refractivity (Wildman–Crippen MR) is 97.1 cm³/mol. The standard InChI is InChI=1S/C17H15BrN2O4S/c1-2-10-20-16(21)13-4-3-5-14(15(13)17(20)22)19-25(23,24)12-8-6-11(18)7-9-12/h3-9,19H,2,10H2,1H3. The Labute approximate surface area is 154 Å². The van der Waals surface area contributed by atoms with Crippen LogP contribution in [0.5, 0.6) is 0 Å². The maximum atomic E-state index is 12.6. The van der Waals surface area contributed by atoms with Crippen LogP contribution in [-0.4, -0.2) is 31.7 Å². The van der Waals surface area contributed by atoms with Crippen molar-refractivity contribution in [3.63, 3.8) is 0 Å². The first-order chi connectivity index (χ1) is 11.8. The van der Waals surface area contributed by atoms with E-state index in [0.29, 0.717) is 13.0 Å². The molecular formula is C17H15BrN2O4S. The number of benzene rings is 2. The number of nitrogens with one attached hydrogen (secondary N) is 1. The van der Waals surface area contributed by atoms with E-state index in [0.717, 1.165) is 9.37 Å². The van der Waals surface area contributed by atoms with Gasteiger partial charge in [-0.3, -0.25) is 19.2 Å². The minimum atomic E-state index is -3.88. The monoisotopic (exact) mass is 422 g/mol. The van der Waals surface area contributed by atoms with Crippen LogP contribution >= 0.6 is 15.9 Å². The number of hydrogen-bond donors (Lipinski definition) is 1. The van der Waals surface area contributed by atoms with Gasteiger partial charge in [0.25, 0.3) is 21.8 Å². The number of imide groups is 1. The first-order valence-corrected chi connectivity index (χ1v) is 9.90. The van der Waals surface area contributed by atoms with E-state index in [2.05, 4.69) is 20.7 Å². The summed E-state index contributed by atoms with van der Waals surface area (Å²) in [5.74, 6) is -0.873. The van der Waals surface area contributed by atoms with E-state index in [1.165, 1.54) is 24.3 Å². The van der Waals surface area contributed by atoms with E-state index >= 15 is 0 Å². The normalized spacial score (nSPS) is 13.9. The first kappa shape index (κ1) is 17.6. The predicted octanol–water partition coefficient (Wildman–Crippen LogP) is 3.26. The summed E-state index contributed by atoms with van der Waals surface area (Å²) in [6, 6.07) is 10.7. The largest absolute Gasteiger partial charge is 0.279 e. The highest BCUT2D eigenvalue weighted by molar-refractivity contribution is 9.10. The van der Waals surface area contributed by atoms with Gasteiger partial charge in [-0.15, -0.1) is 0 Å². The van der Waals surface area contributed by atoms with E-state index in [4.69, 9.17) is 0 Å². The van der Waals surface area contributed by atoms with Crippen molar-refractivity contribution in [3.8, 4) is 0 Å². The Kier molecular flexibility index (Phi) is 4.66. The van der Waals surface area contributed by atoms with Gasteiger partial charge in [0.15, 0.2) is 0 Å². The van der Waals surface area contributed by atoms with Crippen LogP contribution in [0.3, 0.4) is 0 Å². The van der Waals surface area contributed by atoms with Crippen LogP contribution in [0.2, 0.25) is 0 Å². The van der Waals surface area contributed by atoms with Gasteiger partial charge in [-0.25, -0.2) is 8.42 Å². The number of fused-ring (bicyclic) bond motifs is 1. The van der Waals surface area contributed by atoms with E-state index in [1.54, 1.807) is 18.2 Å². The lowest BCUT2D eigenvalue weighted by molar-refractivity contribution is 0.0654. The molecule has 2 amide bonds. The lowest BCUT2D eigenvalue weighted by Crippen LogP contribution is -2.30. The Hall–Kier alpha value is -2.19. The fourth-order valence-electron chi connectivity index (χ4n) is 2.66. The topological polar surface area (TPSA) is 83.6 Å². The number of halogens is 1. The quantitative estimate of drug-likeness (QED) is 0.749. The lowest BCUT2D eigenvalue weighted by atomic mass is 10.1. The molecule has 0 radical (unpaired) electrons. The number of carbonyl (C=O) groups excluding carboxylic acids is 2. The van der Waals surface area contributed by atoms with Crippen LogP contribution in [-0.2, 0) is 10.0 Å². The average molecular weight is 423 g/mol. The Morgan fingerprint density at radius 3 is 2.36 bits per heavy atom. The highest BCUT2D eigenvalue weighted by atomic mass is 79.9. The number of anilines is 1. The summed E-state index contributed by atoms with van der Waals surface area (Å²) in [5, 5.41) is 0. The van der Waals surface area contributed by atoms with Gasteiger partial charge in [0.2, 0.25) is 0 Å². The molecule has 0 bridgehead atoms. The van der Waals surface area contributed by atoms with Crippen molar-refractivity contribution < 1.29 is 18.0 Å². The molecular weight excluding hydrogens is 408 g/mol. The Bertz CT molecular complexity index is 955. The van der Waals surface area contributed by atoms with Crippen molar-refractivity contribution in [2.24, 2.45) is 0 Å². The summed E-state index contributed by atoms with van der Waals surface area (Å²) < 4.78 is 28.3. The van der Waals surface area contributed by atoms with Crippen molar-refractivity contribution in [1.29, 1.82) is 0 Å². The summed E-state index contributed by atoms with van der Waals surface area (Å²) in [4.78, 5) is 26.1. The molecule has 0 aliphatic carbocycles. The molecule has 0 aromatic heterocycles. The van der Waals surface area contributed by atoms with Gasteiger partial charge in [-0.05, 0) is 42.8 Å². The van der Waals surface area contributed by atoms with Crippen molar-refractivity contribution >= 4 is 43.5 Å². The third-order valence-electron chi connectivity index (χ3n) is 3.81. The van der Waals surface area contributed by atoms with Gasteiger partial charge in [-0.1, -0.05) is 28.9 Å². The highest BCUT2D eigenvalue weighted by Crippen LogP contribution is 2.31. The van der Waals surface area contributed by atoms with Crippen molar-refractivity contribution in [3.05, 3.63) is 58.1 Å². The first-order valence-electron chi connectivity index (χ1n) is 7.62. The molecule has 1 N–H and O–H groups in total. The van der Waals surface area contributed by atoms with E-state index in [1.807, 2.05) is 6.92 Å². The Morgan fingerprint density at radius 1 is 1.04 bits per heavy atom. The van der Waals surface area contributed by atoms with E-state index < -0.39 is 21.8 Å². The lowest BCUT2D eigenvalue weighted by Gasteiger charge is -2.13. The number of nitrogens with zero attached hydrogens (tertiary/aromatic N) is 1. The second-order valence-corrected chi connectivity index (χ2v) is 8.15. The van der Waals surface area contributed by atoms with Crippen LogP contribution in [0.25, 0.3) is 0 Å². The third kappa shape index (κ3) is 3.19. The molecule has 2 aromatic rings. The van der Waals surface area contributed by atoms with Gasteiger partial charge in [0.05, 0.1) is 21.7 Å². The van der Waals surface area contributed by atoms with Crippen LogP contribution in [0.1, 0.15) is 34.1 Å². The molecule has 0 spiro atoms. The average Bonchev–Trinajstić information content (AvgIpc) is 2.81. The SMILES string of the molecule is CCCN1C(=O)c2cccc(NS(=O)(=O)c3ccc(Br)cc3)c2C1=O.